The van der Waals surface area contributed by atoms with Gasteiger partial charge in [-0.15, -0.1) is 11.3 Å². The van der Waals surface area contributed by atoms with Gasteiger partial charge in [-0.3, -0.25) is 9.89 Å². The van der Waals surface area contributed by atoms with Gasteiger partial charge in [-0.1, -0.05) is 13.0 Å². The first-order chi connectivity index (χ1) is 9.13. The number of hydrogen-bond donors (Lipinski definition) is 2. The highest BCUT2D eigenvalue weighted by Crippen LogP contribution is 2.16. The lowest BCUT2D eigenvalue weighted by Gasteiger charge is -2.15. The molecule has 2 heterocycles. The number of anilines is 1. The Labute approximate surface area is 116 Å². The summed E-state index contributed by atoms with van der Waals surface area (Å²) in [5, 5.41) is 8.86. The molecule has 0 bridgehead atoms. The SMILES string of the molecule is CCc1[nH]nc(C(=O)N(C)CCc2cccs2)c1N. The predicted molar refractivity (Wildman–Crippen MR) is 77.4 cm³/mol. The van der Waals surface area contributed by atoms with Crippen molar-refractivity contribution in [2.75, 3.05) is 19.3 Å². The molecule has 5 nitrogen and oxygen atoms in total. The molecule has 0 atom stereocenters. The molecule has 6 heteroatoms. The van der Waals surface area contributed by atoms with Crippen LogP contribution in [0, 0.1) is 0 Å². The minimum atomic E-state index is -0.134. The standard InChI is InChI=1S/C13H18N4OS/c1-3-10-11(14)12(16-15-10)13(18)17(2)7-6-9-5-4-8-19-9/h4-5,8H,3,6-7,14H2,1-2H3,(H,15,16). The molecule has 0 saturated carbocycles. The number of nitrogens with two attached hydrogens (primary N) is 1. The number of likely N-dealkylation sites (N-methyl/N-ethyl adjacent to an activating group) is 1. The number of carbonyl (C=O) groups is 1. The van der Waals surface area contributed by atoms with E-state index in [2.05, 4.69) is 16.3 Å². The molecule has 19 heavy (non-hydrogen) atoms. The van der Waals surface area contributed by atoms with E-state index < -0.39 is 0 Å². The number of thiophene rings is 1. The summed E-state index contributed by atoms with van der Waals surface area (Å²) in [6, 6.07) is 4.09. The number of nitrogens with one attached hydrogen (secondary N) is 1. The number of nitrogen functional groups attached to an aromatic ring is 1. The molecular weight excluding hydrogens is 260 g/mol. The first kappa shape index (κ1) is 13.6. The Balaban J connectivity index is 2.00. The van der Waals surface area contributed by atoms with E-state index in [1.54, 1.807) is 23.3 Å². The largest absolute Gasteiger partial charge is 0.395 e. The average molecular weight is 278 g/mol. The van der Waals surface area contributed by atoms with Crippen LogP contribution in [0.5, 0.6) is 0 Å². The summed E-state index contributed by atoms with van der Waals surface area (Å²) in [4.78, 5) is 15.1. The van der Waals surface area contributed by atoms with Crippen LogP contribution in [0.1, 0.15) is 28.0 Å². The molecule has 0 aliphatic rings. The smallest absolute Gasteiger partial charge is 0.276 e. The maximum absolute atomic E-state index is 12.2. The Bertz CT molecular complexity index is 547. The van der Waals surface area contributed by atoms with Gasteiger partial charge >= 0.3 is 0 Å². The number of amides is 1. The van der Waals surface area contributed by atoms with Crippen molar-refractivity contribution in [2.45, 2.75) is 19.8 Å². The van der Waals surface area contributed by atoms with Gasteiger partial charge in [0, 0.05) is 18.5 Å². The van der Waals surface area contributed by atoms with Gasteiger partial charge in [0.25, 0.3) is 5.91 Å². The van der Waals surface area contributed by atoms with E-state index in [9.17, 15) is 4.79 Å². The molecule has 0 saturated heterocycles. The number of H-pyrrole nitrogens is 1. The molecule has 2 rings (SSSR count). The fraction of sp³-hybridized carbons (Fsp3) is 0.385. The van der Waals surface area contributed by atoms with Gasteiger partial charge in [0.15, 0.2) is 5.69 Å². The highest BCUT2D eigenvalue weighted by atomic mass is 32.1. The van der Waals surface area contributed by atoms with Gasteiger partial charge in [-0.05, 0) is 24.3 Å². The fourth-order valence-corrected chi connectivity index (χ4v) is 2.53. The van der Waals surface area contributed by atoms with Crippen molar-refractivity contribution >= 4 is 22.9 Å². The summed E-state index contributed by atoms with van der Waals surface area (Å²) in [7, 11) is 1.77. The minimum Gasteiger partial charge on any atom is -0.395 e. The lowest BCUT2D eigenvalue weighted by molar-refractivity contribution is 0.0792. The maximum atomic E-state index is 12.2. The van der Waals surface area contributed by atoms with Gasteiger partial charge in [0.2, 0.25) is 0 Å². The lowest BCUT2D eigenvalue weighted by atomic mass is 10.2. The van der Waals surface area contributed by atoms with Crippen LogP contribution in [0.15, 0.2) is 17.5 Å². The molecule has 0 radical (unpaired) electrons. The second-order valence-corrected chi connectivity index (χ2v) is 5.41. The number of carbonyl (C=O) groups excluding carboxylic acids is 1. The van der Waals surface area contributed by atoms with Crippen molar-refractivity contribution in [3.05, 3.63) is 33.8 Å². The van der Waals surface area contributed by atoms with Crippen LogP contribution < -0.4 is 5.73 Å². The molecular formula is C13H18N4OS. The molecule has 2 aromatic heterocycles. The molecule has 0 aliphatic heterocycles. The number of aryl methyl sites for hydroxylation is 1. The van der Waals surface area contributed by atoms with Gasteiger partial charge in [-0.25, -0.2) is 0 Å². The molecule has 102 valence electrons. The van der Waals surface area contributed by atoms with Crippen molar-refractivity contribution in [1.82, 2.24) is 15.1 Å². The Morgan fingerprint density at radius 1 is 1.58 bits per heavy atom. The number of hydrogen-bond acceptors (Lipinski definition) is 4. The summed E-state index contributed by atoms with van der Waals surface area (Å²) in [5.41, 5.74) is 7.51. The first-order valence-electron chi connectivity index (χ1n) is 6.24. The van der Waals surface area contributed by atoms with E-state index in [0.29, 0.717) is 17.9 Å². The van der Waals surface area contributed by atoms with Crippen LogP contribution in [0.3, 0.4) is 0 Å². The quantitative estimate of drug-likeness (QED) is 0.877. The van der Waals surface area contributed by atoms with Crippen LogP contribution in [-0.4, -0.2) is 34.6 Å². The number of aromatic nitrogens is 2. The van der Waals surface area contributed by atoms with Crippen LogP contribution in [0.4, 0.5) is 5.69 Å². The van der Waals surface area contributed by atoms with Crippen LogP contribution in [-0.2, 0) is 12.8 Å². The Kier molecular flexibility index (Phi) is 4.21. The van der Waals surface area contributed by atoms with E-state index in [0.717, 1.165) is 18.5 Å². The second kappa shape index (κ2) is 5.88. The molecule has 0 fully saturated rings. The molecule has 1 amide bonds. The van der Waals surface area contributed by atoms with Crippen molar-refractivity contribution in [3.63, 3.8) is 0 Å². The van der Waals surface area contributed by atoms with Crippen molar-refractivity contribution in [3.8, 4) is 0 Å². The summed E-state index contributed by atoms with van der Waals surface area (Å²) >= 11 is 1.70. The van der Waals surface area contributed by atoms with Gasteiger partial charge < -0.3 is 10.6 Å². The molecule has 0 aromatic carbocycles. The van der Waals surface area contributed by atoms with Gasteiger partial charge in [0.1, 0.15) is 0 Å². The summed E-state index contributed by atoms with van der Waals surface area (Å²) in [5.74, 6) is -0.134. The molecule has 3 N–H and O–H groups in total. The zero-order chi connectivity index (χ0) is 13.8. The van der Waals surface area contributed by atoms with Gasteiger partial charge in [0.05, 0.1) is 11.4 Å². The minimum absolute atomic E-state index is 0.134. The Hall–Kier alpha value is -1.82. The van der Waals surface area contributed by atoms with E-state index in [1.165, 1.54) is 4.88 Å². The van der Waals surface area contributed by atoms with E-state index >= 15 is 0 Å². The highest BCUT2D eigenvalue weighted by molar-refractivity contribution is 7.09. The molecule has 0 unspecified atom stereocenters. The third-order valence-corrected chi connectivity index (χ3v) is 4.00. The normalized spacial score (nSPS) is 10.6. The molecule has 0 aliphatic carbocycles. The Morgan fingerprint density at radius 2 is 2.37 bits per heavy atom. The first-order valence-corrected chi connectivity index (χ1v) is 7.12. The number of aromatic amines is 1. The van der Waals surface area contributed by atoms with Crippen LogP contribution in [0.25, 0.3) is 0 Å². The zero-order valence-electron chi connectivity index (χ0n) is 11.1. The average Bonchev–Trinajstić information content (AvgIpc) is 3.04. The highest BCUT2D eigenvalue weighted by Gasteiger charge is 2.19. The number of nitrogens with zero attached hydrogens (tertiary/aromatic N) is 2. The third-order valence-electron chi connectivity index (χ3n) is 3.06. The monoisotopic (exact) mass is 278 g/mol. The van der Waals surface area contributed by atoms with E-state index in [-0.39, 0.29) is 5.91 Å². The van der Waals surface area contributed by atoms with Crippen molar-refractivity contribution < 1.29 is 4.79 Å². The van der Waals surface area contributed by atoms with E-state index in [1.807, 2.05) is 18.4 Å². The Morgan fingerprint density at radius 3 is 2.95 bits per heavy atom. The van der Waals surface area contributed by atoms with Crippen LogP contribution in [0.2, 0.25) is 0 Å². The lowest BCUT2D eigenvalue weighted by Crippen LogP contribution is -2.29. The van der Waals surface area contributed by atoms with Gasteiger partial charge in [-0.2, -0.15) is 5.10 Å². The predicted octanol–water partition coefficient (Wildman–Crippen LogP) is 1.93. The van der Waals surface area contributed by atoms with Crippen molar-refractivity contribution in [2.24, 2.45) is 0 Å². The zero-order valence-corrected chi connectivity index (χ0v) is 12.0. The van der Waals surface area contributed by atoms with Crippen molar-refractivity contribution in [1.29, 1.82) is 0 Å². The summed E-state index contributed by atoms with van der Waals surface area (Å²) in [6.07, 6.45) is 1.59. The second-order valence-electron chi connectivity index (χ2n) is 4.37. The number of rotatable bonds is 5. The van der Waals surface area contributed by atoms with Crippen LogP contribution >= 0.6 is 11.3 Å². The summed E-state index contributed by atoms with van der Waals surface area (Å²) in [6.45, 7) is 2.63. The maximum Gasteiger partial charge on any atom is 0.276 e. The fourth-order valence-electron chi connectivity index (χ4n) is 1.83. The molecule has 0 spiro atoms. The molecule has 2 aromatic rings. The summed E-state index contributed by atoms with van der Waals surface area (Å²) < 4.78 is 0. The van der Waals surface area contributed by atoms with E-state index in [4.69, 9.17) is 5.73 Å². The third kappa shape index (κ3) is 2.96. The topological polar surface area (TPSA) is 75.0 Å².